The Kier molecular flexibility index (Phi) is 4.06. The van der Waals surface area contributed by atoms with Gasteiger partial charge in [-0.25, -0.2) is 0 Å². The molecule has 1 fully saturated rings. The Morgan fingerprint density at radius 2 is 1.74 bits per heavy atom. The average molecular weight is 368 g/mol. The first-order chi connectivity index (χ1) is 12.7. The molecule has 2 aliphatic rings. The van der Waals surface area contributed by atoms with Crippen LogP contribution < -0.4 is 0 Å². The van der Waals surface area contributed by atoms with Gasteiger partial charge in [-0.15, -0.1) is 0 Å². The van der Waals surface area contributed by atoms with E-state index in [4.69, 9.17) is 0 Å². The summed E-state index contributed by atoms with van der Waals surface area (Å²) in [4.78, 5) is 0. The topological polar surface area (TPSA) is 80.9 Å². The van der Waals surface area contributed by atoms with Crippen LogP contribution >= 0.6 is 0 Å². The molecule has 2 aromatic carbocycles. The van der Waals surface area contributed by atoms with E-state index in [-0.39, 0.29) is 22.8 Å². The number of phenols is 2. The van der Waals surface area contributed by atoms with E-state index >= 15 is 0 Å². The molecule has 4 nitrogen and oxygen atoms in total. The third-order valence-electron chi connectivity index (χ3n) is 7.30. The maximum absolute atomic E-state index is 11.6. The first-order valence-electron chi connectivity index (χ1n) is 9.80. The molecule has 0 spiro atoms. The maximum atomic E-state index is 11.6. The fraction of sp³-hybridized carbons (Fsp3) is 0.478. The minimum absolute atomic E-state index is 0.0395. The standard InChI is InChI=1S/C23H28O4/c1-3-22-14-21(2,26)23(27,15-7-5-4-6-8-15)13-16(22)9-10-17-18(22)11-12-19(24)20(17)25/h4-8,11-12,16,24-27H,3,9-10,13-14H2,1-2H3/t16-,21-,22-,23-/m1/s1. The summed E-state index contributed by atoms with van der Waals surface area (Å²) in [5.41, 5.74) is -0.416. The second-order valence-corrected chi connectivity index (χ2v) is 8.59. The minimum atomic E-state index is -1.32. The number of benzene rings is 2. The monoisotopic (exact) mass is 368 g/mol. The van der Waals surface area contributed by atoms with E-state index < -0.39 is 11.2 Å². The first kappa shape index (κ1) is 18.3. The van der Waals surface area contributed by atoms with Crippen LogP contribution in [0.3, 0.4) is 0 Å². The molecule has 0 aliphatic heterocycles. The predicted octanol–water partition coefficient (Wildman–Crippen LogP) is 3.74. The van der Waals surface area contributed by atoms with E-state index in [0.717, 1.165) is 29.5 Å². The zero-order chi connectivity index (χ0) is 19.4. The molecule has 2 aromatic rings. The summed E-state index contributed by atoms with van der Waals surface area (Å²) in [6.45, 7) is 3.83. The summed E-state index contributed by atoms with van der Waals surface area (Å²) in [7, 11) is 0. The highest BCUT2D eigenvalue weighted by atomic mass is 16.4. The lowest BCUT2D eigenvalue weighted by atomic mass is 9.48. The number of fused-ring (bicyclic) bond motifs is 3. The molecule has 0 unspecified atom stereocenters. The van der Waals surface area contributed by atoms with Gasteiger partial charge in [-0.3, -0.25) is 0 Å². The average Bonchev–Trinajstić information content (AvgIpc) is 2.66. The third kappa shape index (κ3) is 2.43. The molecular weight excluding hydrogens is 340 g/mol. The van der Waals surface area contributed by atoms with Crippen LogP contribution in [0.5, 0.6) is 11.5 Å². The van der Waals surface area contributed by atoms with Gasteiger partial charge >= 0.3 is 0 Å². The molecule has 4 heteroatoms. The highest BCUT2D eigenvalue weighted by molar-refractivity contribution is 5.54. The SMILES string of the molecule is CC[C@@]12C[C@@](C)(O)[C@](O)(c3ccccc3)C[C@H]1CCc1c2ccc(O)c1O. The van der Waals surface area contributed by atoms with Crippen LogP contribution in [0.4, 0.5) is 0 Å². The van der Waals surface area contributed by atoms with Gasteiger partial charge in [-0.05, 0) is 62.1 Å². The fourth-order valence-electron chi connectivity index (χ4n) is 5.78. The van der Waals surface area contributed by atoms with Crippen molar-refractivity contribution in [3.63, 3.8) is 0 Å². The van der Waals surface area contributed by atoms with Gasteiger partial charge < -0.3 is 20.4 Å². The molecule has 0 saturated heterocycles. The maximum Gasteiger partial charge on any atom is 0.160 e. The van der Waals surface area contributed by atoms with Crippen molar-refractivity contribution in [1.29, 1.82) is 0 Å². The van der Waals surface area contributed by atoms with E-state index in [1.807, 2.05) is 36.4 Å². The molecule has 0 aromatic heterocycles. The van der Waals surface area contributed by atoms with Crippen LogP contribution in [-0.2, 0) is 17.4 Å². The summed E-state index contributed by atoms with van der Waals surface area (Å²) in [5, 5.41) is 43.4. The van der Waals surface area contributed by atoms with Crippen molar-refractivity contribution in [2.75, 3.05) is 0 Å². The predicted molar refractivity (Wildman–Crippen MR) is 104 cm³/mol. The van der Waals surface area contributed by atoms with Crippen LogP contribution in [0.2, 0.25) is 0 Å². The van der Waals surface area contributed by atoms with Gasteiger partial charge in [0.2, 0.25) is 0 Å². The first-order valence-corrected chi connectivity index (χ1v) is 9.80. The highest BCUT2D eigenvalue weighted by Gasteiger charge is 2.61. The van der Waals surface area contributed by atoms with E-state index in [1.54, 1.807) is 13.0 Å². The minimum Gasteiger partial charge on any atom is -0.504 e. The second-order valence-electron chi connectivity index (χ2n) is 8.59. The number of aromatic hydroxyl groups is 2. The molecule has 2 aliphatic carbocycles. The Bertz CT molecular complexity index is 860. The van der Waals surface area contributed by atoms with Crippen molar-refractivity contribution in [3.05, 3.63) is 59.2 Å². The molecule has 27 heavy (non-hydrogen) atoms. The number of hydrogen-bond donors (Lipinski definition) is 4. The summed E-state index contributed by atoms with van der Waals surface area (Å²) in [6.07, 6.45) is 3.15. The molecule has 4 N–H and O–H groups in total. The molecule has 4 rings (SSSR count). The third-order valence-corrected chi connectivity index (χ3v) is 7.30. The molecule has 0 heterocycles. The van der Waals surface area contributed by atoms with Gasteiger partial charge in [0.15, 0.2) is 11.5 Å². The fourth-order valence-corrected chi connectivity index (χ4v) is 5.78. The Morgan fingerprint density at radius 3 is 2.41 bits per heavy atom. The van der Waals surface area contributed by atoms with Crippen molar-refractivity contribution in [3.8, 4) is 11.5 Å². The molecule has 0 bridgehead atoms. The van der Waals surface area contributed by atoms with Gasteiger partial charge in [0.25, 0.3) is 0 Å². The van der Waals surface area contributed by atoms with Crippen LogP contribution in [0.25, 0.3) is 0 Å². The summed E-state index contributed by atoms with van der Waals surface area (Å²) in [6, 6.07) is 12.9. The van der Waals surface area contributed by atoms with Crippen molar-refractivity contribution in [2.24, 2.45) is 5.92 Å². The highest BCUT2D eigenvalue weighted by Crippen LogP contribution is 2.61. The lowest BCUT2D eigenvalue weighted by molar-refractivity contribution is -0.205. The van der Waals surface area contributed by atoms with Crippen molar-refractivity contribution < 1.29 is 20.4 Å². The second kappa shape index (κ2) is 5.98. The summed E-state index contributed by atoms with van der Waals surface area (Å²) >= 11 is 0. The largest absolute Gasteiger partial charge is 0.504 e. The smallest absolute Gasteiger partial charge is 0.160 e. The van der Waals surface area contributed by atoms with Crippen LogP contribution in [-0.4, -0.2) is 26.0 Å². The van der Waals surface area contributed by atoms with Gasteiger partial charge in [0, 0.05) is 11.0 Å². The molecule has 0 amide bonds. The number of rotatable bonds is 2. The van der Waals surface area contributed by atoms with Gasteiger partial charge in [-0.2, -0.15) is 0 Å². The molecular formula is C23H28O4. The Morgan fingerprint density at radius 1 is 1.04 bits per heavy atom. The number of phenolic OH excluding ortho intramolecular Hbond substituents is 2. The molecule has 4 atom stereocenters. The zero-order valence-electron chi connectivity index (χ0n) is 15.9. The molecule has 1 saturated carbocycles. The Balaban J connectivity index is 1.85. The number of aliphatic hydroxyl groups is 2. The normalized spacial score (nSPS) is 35.3. The number of hydrogen-bond acceptors (Lipinski definition) is 4. The Hall–Kier alpha value is -2.04. The molecule has 0 radical (unpaired) electrons. The van der Waals surface area contributed by atoms with E-state index in [2.05, 4.69) is 6.92 Å². The lowest BCUT2D eigenvalue weighted by Crippen LogP contribution is -2.62. The zero-order valence-corrected chi connectivity index (χ0v) is 15.9. The molecule has 144 valence electrons. The van der Waals surface area contributed by atoms with Crippen molar-refractivity contribution in [2.45, 2.75) is 62.6 Å². The summed E-state index contributed by atoms with van der Waals surface area (Å²) in [5.74, 6) is 0.0495. The van der Waals surface area contributed by atoms with Gasteiger partial charge in [0.05, 0.1) is 5.60 Å². The van der Waals surface area contributed by atoms with Crippen LogP contribution in [0.1, 0.15) is 56.2 Å². The van der Waals surface area contributed by atoms with E-state index in [9.17, 15) is 20.4 Å². The quantitative estimate of drug-likeness (QED) is 0.609. The van der Waals surface area contributed by atoms with E-state index in [1.165, 1.54) is 0 Å². The lowest BCUT2D eigenvalue weighted by Gasteiger charge is -2.59. The van der Waals surface area contributed by atoms with Crippen molar-refractivity contribution in [1.82, 2.24) is 0 Å². The van der Waals surface area contributed by atoms with E-state index in [0.29, 0.717) is 19.3 Å². The summed E-state index contributed by atoms with van der Waals surface area (Å²) < 4.78 is 0. The van der Waals surface area contributed by atoms with Crippen LogP contribution in [0, 0.1) is 5.92 Å². The van der Waals surface area contributed by atoms with Crippen molar-refractivity contribution >= 4 is 0 Å². The Labute approximate surface area is 160 Å². The van der Waals surface area contributed by atoms with Gasteiger partial charge in [-0.1, -0.05) is 43.3 Å². The van der Waals surface area contributed by atoms with Gasteiger partial charge in [0.1, 0.15) is 5.60 Å². The van der Waals surface area contributed by atoms with Crippen LogP contribution in [0.15, 0.2) is 42.5 Å².